The molecule has 154 valence electrons. The predicted molar refractivity (Wildman–Crippen MR) is 108 cm³/mol. The predicted octanol–water partition coefficient (Wildman–Crippen LogP) is 1.96. The molecule has 1 aliphatic heterocycles. The number of ether oxygens (including phenoxy) is 1. The smallest absolute Gasteiger partial charge is 0.223 e. The topological polar surface area (TPSA) is 74.8 Å². The zero-order valence-electron chi connectivity index (χ0n) is 16.6. The van der Waals surface area contributed by atoms with Crippen molar-refractivity contribution >= 4 is 11.9 Å². The minimum Gasteiger partial charge on any atom is -0.381 e. The van der Waals surface area contributed by atoms with E-state index in [4.69, 9.17) is 9.73 Å². The number of rotatable bonds is 8. The minimum atomic E-state index is -0.224. The van der Waals surface area contributed by atoms with Crippen LogP contribution >= 0.6 is 0 Å². The number of carbonyl (C=O) groups is 1. The summed E-state index contributed by atoms with van der Waals surface area (Å²) in [4.78, 5) is 16.5. The number of carbonyl (C=O) groups excluding carboxylic acids is 1. The van der Waals surface area contributed by atoms with Crippen LogP contribution in [0.4, 0.5) is 4.39 Å². The lowest BCUT2D eigenvalue weighted by atomic mass is 9.74. The first kappa shape index (κ1) is 20.6. The van der Waals surface area contributed by atoms with Crippen molar-refractivity contribution in [2.75, 3.05) is 39.4 Å². The molecule has 3 rings (SSSR count). The third-order valence-corrected chi connectivity index (χ3v) is 5.46. The first-order valence-corrected chi connectivity index (χ1v) is 10.3. The van der Waals surface area contributed by atoms with Gasteiger partial charge in [-0.25, -0.2) is 4.39 Å². The second kappa shape index (κ2) is 9.87. The van der Waals surface area contributed by atoms with Gasteiger partial charge >= 0.3 is 0 Å². The lowest BCUT2D eigenvalue weighted by Gasteiger charge is -2.36. The summed E-state index contributed by atoms with van der Waals surface area (Å²) < 4.78 is 18.9. The van der Waals surface area contributed by atoms with Crippen molar-refractivity contribution in [1.29, 1.82) is 0 Å². The maximum absolute atomic E-state index is 13.4. The fourth-order valence-corrected chi connectivity index (χ4v) is 3.53. The van der Waals surface area contributed by atoms with E-state index < -0.39 is 0 Å². The van der Waals surface area contributed by atoms with Crippen LogP contribution in [0.2, 0.25) is 0 Å². The van der Waals surface area contributed by atoms with Gasteiger partial charge in [0.25, 0.3) is 0 Å². The number of amides is 1. The van der Waals surface area contributed by atoms with E-state index in [1.165, 1.54) is 12.1 Å². The van der Waals surface area contributed by atoms with Crippen LogP contribution in [-0.2, 0) is 14.9 Å². The van der Waals surface area contributed by atoms with Crippen molar-refractivity contribution in [2.24, 2.45) is 10.9 Å². The summed E-state index contributed by atoms with van der Waals surface area (Å²) in [5.41, 5.74) is 0.961. The van der Waals surface area contributed by atoms with E-state index in [0.29, 0.717) is 32.8 Å². The number of benzene rings is 1. The Hall–Kier alpha value is -2.15. The third-order valence-electron chi connectivity index (χ3n) is 5.46. The quantitative estimate of drug-likeness (QED) is 0.360. The Morgan fingerprint density at radius 1 is 1.14 bits per heavy atom. The zero-order chi connectivity index (χ0) is 19.8. The van der Waals surface area contributed by atoms with Crippen molar-refractivity contribution in [2.45, 2.75) is 38.0 Å². The first-order chi connectivity index (χ1) is 13.6. The number of hydrogen-bond acceptors (Lipinski definition) is 3. The van der Waals surface area contributed by atoms with Crippen LogP contribution in [0.1, 0.15) is 38.2 Å². The van der Waals surface area contributed by atoms with Gasteiger partial charge in [-0.05, 0) is 50.3 Å². The summed E-state index contributed by atoms with van der Waals surface area (Å²) >= 11 is 0. The summed E-state index contributed by atoms with van der Waals surface area (Å²) in [5.74, 6) is 0.890. The number of guanidine groups is 1. The highest BCUT2D eigenvalue weighted by atomic mass is 19.1. The van der Waals surface area contributed by atoms with Gasteiger partial charge in [-0.3, -0.25) is 9.79 Å². The molecule has 28 heavy (non-hydrogen) atoms. The molecule has 0 radical (unpaired) electrons. The van der Waals surface area contributed by atoms with Crippen LogP contribution in [0, 0.1) is 11.7 Å². The molecule has 0 unspecified atom stereocenters. The molecule has 0 bridgehead atoms. The van der Waals surface area contributed by atoms with Gasteiger partial charge in [0.2, 0.25) is 5.91 Å². The van der Waals surface area contributed by atoms with E-state index in [2.05, 4.69) is 16.0 Å². The van der Waals surface area contributed by atoms with Crippen LogP contribution in [0.25, 0.3) is 0 Å². The van der Waals surface area contributed by atoms with Crippen LogP contribution in [-0.4, -0.2) is 51.3 Å². The Balaban J connectivity index is 1.60. The molecule has 1 heterocycles. The highest BCUT2D eigenvalue weighted by molar-refractivity contribution is 5.81. The van der Waals surface area contributed by atoms with E-state index in [-0.39, 0.29) is 23.1 Å². The molecular weight excluding hydrogens is 359 g/mol. The summed E-state index contributed by atoms with van der Waals surface area (Å²) in [6, 6.07) is 6.76. The highest BCUT2D eigenvalue weighted by Crippen LogP contribution is 2.35. The number of nitrogens with one attached hydrogen (secondary N) is 3. The van der Waals surface area contributed by atoms with Crippen molar-refractivity contribution < 1.29 is 13.9 Å². The van der Waals surface area contributed by atoms with Gasteiger partial charge in [0.05, 0.1) is 6.54 Å². The van der Waals surface area contributed by atoms with Gasteiger partial charge in [-0.15, -0.1) is 0 Å². The number of halogens is 1. The Bertz CT molecular complexity index is 667. The van der Waals surface area contributed by atoms with E-state index in [1.807, 2.05) is 19.1 Å². The largest absolute Gasteiger partial charge is 0.381 e. The zero-order valence-corrected chi connectivity index (χ0v) is 16.6. The lowest BCUT2D eigenvalue weighted by molar-refractivity contribution is -0.122. The molecule has 2 aliphatic rings. The minimum absolute atomic E-state index is 0.144. The van der Waals surface area contributed by atoms with Crippen molar-refractivity contribution in [3.63, 3.8) is 0 Å². The molecular formula is C21H31FN4O2. The number of aliphatic imine (C=N–C) groups is 1. The molecule has 1 aromatic carbocycles. The molecule has 1 saturated heterocycles. The molecule has 0 spiro atoms. The Morgan fingerprint density at radius 3 is 2.46 bits per heavy atom. The average molecular weight is 391 g/mol. The van der Waals surface area contributed by atoms with Crippen LogP contribution in [0.15, 0.2) is 29.3 Å². The lowest BCUT2D eigenvalue weighted by Crippen LogP contribution is -2.43. The van der Waals surface area contributed by atoms with Gasteiger partial charge in [0.1, 0.15) is 5.82 Å². The van der Waals surface area contributed by atoms with Crippen LogP contribution in [0.3, 0.4) is 0 Å². The van der Waals surface area contributed by atoms with Gasteiger partial charge in [-0.1, -0.05) is 12.1 Å². The number of nitrogens with zero attached hydrogens (tertiary/aromatic N) is 1. The molecule has 1 saturated carbocycles. The van der Waals surface area contributed by atoms with Gasteiger partial charge in [-0.2, -0.15) is 0 Å². The molecule has 2 fully saturated rings. The van der Waals surface area contributed by atoms with Crippen LogP contribution < -0.4 is 16.0 Å². The van der Waals surface area contributed by atoms with E-state index in [1.54, 1.807) is 0 Å². The first-order valence-electron chi connectivity index (χ1n) is 10.3. The Morgan fingerprint density at radius 2 is 1.82 bits per heavy atom. The fraction of sp³-hybridized carbons (Fsp3) is 0.619. The SMILES string of the molecule is CCNC(=NCC1(c2ccc(F)cc2)CCOCC1)NCCNC(=O)C1CC1. The average Bonchev–Trinajstić information content (AvgIpc) is 3.56. The van der Waals surface area contributed by atoms with Gasteiger partial charge in [0, 0.05) is 44.2 Å². The number of hydrogen-bond donors (Lipinski definition) is 3. The maximum atomic E-state index is 13.4. The molecule has 7 heteroatoms. The van der Waals surface area contributed by atoms with Gasteiger partial charge in [0.15, 0.2) is 5.96 Å². The highest BCUT2D eigenvalue weighted by Gasteiger charge is 2.34. The Labute approximate surface area is 166 Å². The molecule has 6 nitrogen and oxygen atoms in total. The van der Waals surface area contributed by atoms with Crippen molar-refractivity contribution in [3.05, 3.63) is 35.6 Å². The third kappa shape index (κ3) is 5.67. The monoisotopic (exact) mass is 390 g/mol. The molecule has 0 atom stereocenters. The van der Waals surface area contributed by atoms with Crippen molar-refractivity contribution in [1.82, 2.24) is 16.0 Å². The van der Waals surface area contributed by atoms with E-state index in [0.717, 1.165) is 43.8 Å². The molecule has 1 aromatic rings. The molecule has 1 aliphatic carbocycles. The van der Waals surface area contributed by atoms with Gasteiger partial charge < -0.3 is 20.7 Å². The summed E-state index contributed by atoms with van der Waals surface area (Å²) in [6.07, 6.45) is 3.75. The molecule has 3 N–H and O–H groups in total. The summed E-state index contributed by atoms with van der Waals surface area (Å²) in [6.45, 7) is 5.96. The fourth-order valence-electron chi connectivity index (χ4n) is 3.53. The standard InChI is InChI=1S/C21H31FN4O2/c1-2-23-20(25-12-11-24-19(27)16-3-4-16)26-15-21(9-13-28-14-10-21)17-5-7-18(22)8-6-17/h5-8,16H,2-4,9-15H2,1H3,(H,24,27)(H2,23,25,26). The maximum Gasteiger partial charge on any atom is 0.223 e. The second-order valence-electron chi connectivity index (χ2n) is 7.59. The van der Waals surface area contributed by atoms with Crippen molar-refractivity contribution in [3.8, 4) is 0 Å². The Kier molecular flexibility index (Phi) is 7.25. The second-order valence-corrected chi connectivity index (χ2v) is 7.59. The van der Waals surface area contributed by atoms with Crippen LogP contribution in [0.5, 0.6) is 0 Å². The van der Waals surface area contributed by atoms with E-state index >= 15 is 0 Å². The normalized spacial score (nSPS) is 19.1. The summed E-state index contributed by atoms with van der Waals surface area (Å²) in [5, 5.41) is 9.49. The molecule has 1 amide bonds. The van der Waals surface area contributed by atoms with E-state index in [9.17, 15) is 9.18 Å². The molecule has 0 aromatic heterocycles. The summed E-state index contributed by atoms with van der Waals surface area (Å²) in [7, 11) is 0.